The van der Waals surface area contributed by atoms with Crippen molar-refractivity contribution in [3.05, 3.63) is 45.8 Å². The first kappa shape index (κ1) is 23.9. The number of benzene rings is 1. The van der Waals surface area contributed by atoms with Crippen LogP contribution in [0.15, 0.2) is 24.3 Å². The summed E-state index contributed by atoms with van der Waals surface area (Å²) in [5, 5.41) is 2.65. The number of esters is 3. The number of anilines is 2. The molecule has 0 fully saturated rings. The summed E-state index contributed by atoms with van der Waals surface area (Å²) < 4.78 is 15.2. The van der Waals surface area contributed by atoms with E-state index in [9.17, 15) is 19.2 Å². The minimum Gasteiger partial charge on any atom is -0.462 e. The highest BCUT2D eigenvalue weighted by Crippen LogP contribution is 2.34. The quantitative estimate of drug-likeness (QED) is 0.357. The molecule has 10 heteroatoms. The van der Waals surface area contributed by atoms with E-state index < -0.39 is 29.9 Å². The highest BCUT2D eigenvalue weighted by molar-refractivity contribution is 7.18. The highest BCUT2D eigenvalue weighted by atomic mass is 32.1. The predicted molar refractivity (Wildman–Crippen MR) is 115 cm³/mol. The summed E-state index contributed by atoms with van der Waals surface area (Å²) in [5.74, 6) is -2.71. The molecule has 1 heterocycles. The molecular weight excluding hydrogens is 424 g/mol. The molecule has 1 aromatic heterocycles. The third kappa shape index (κ3) is 5.82. The molecule has 0 aliphatic rings. The highest BCUT2D eigenvalue weighted by Gasteiger charge is 2.29. The summed E-state index contributed by atoms with van der Waals surface area (Å²) in [6.07, 6.45) is -1.18. The number of rotatable bonds is 8. The third-order valence-electron chi connectivity index (χ3n) is 4.10. The normalized spacial score (nSPS) is 11.4. The Morgan fingerprint density at radius 1 is 1.06 bits per heavy atom. The van der Waals surface area contributed by atoms with Crippen LogP contribution in [0.4, 0.5) is 10.7 Å². The Bertz CT molecular complexity index is 1000. The average Bonchev–Trinajstić information content (AvgIpc) is 3.04. The van der Waals surface area contributed by atoms with Crippen molar-refractivity contribution in [3.63, 3.8) is 0 Å². The molecule has 166 valence electrons. The van der Waals surface area contributed by atoms with Crippen molar-refractivity contribution in [2.45, 2.75) is 33.8 Å². The predicted octanol–water partition coefficient (Wildman–Crippen LogP) is 3.18. The van der Waals surface area contributed by atoms with E-state index in [0.717, 1.165) is 11.3 Å². The summed E-state index contributed by atoms with van der Waals surface area (Å²) >= 11 is 0.887. The van der Waals surface area contributed by atoms with E-state index in [1.165, 1.54) is 19.1 Å². The zero-order valence-electron chi connectivity index (χ0n) is 17.6. The molecule has 2 aromatic rings. The minimum absolute atomic E-state index is 0.0533. The smallest absolute Gasteiger partial charge is 0.348 e. The maximum Gasteiger partial charge on any atom is 0.348 e. The van der Waals surface area contributed by atoms with E-state index in [4.69, 9.17) is 19.9 Å². The van der Waals surface area contributed by atoms with E-state index in [1.54, 1.807) is 32.9 Å². The van der Waals surface area contributed by atoms with Gasteiger partial charge >= 0.3 is 17.9 Å². The van der Waals surface area contributed by atoms with Crippen molar-refractivity contribution < 1.29 is 33.4 Å². The first-order valence-corrected chi connectivity index (χ1v) is 10.4. The van der Waals surface area contributed by atoms with E-state index in [2.05, 4.69) is 5.32 Å². The zero-order chi connectivity index (χ0) is 23.1. The van der Waals surface area contributed by atoms with Gasteiger partial charge in [-0.2, -0.15) is 0 Å². The monoisotopic (exact) mass is 448 g/mol. The molecule has 0 aliphatic carbocycles. The zero-order valence-corrected chi connectivity index (χ0v) is 18.5. The third-order valence-corrected chi connectivity index (χ3v) is 5.29. The fourth-order valence-corrected chi connectivity index (χ4v) is 3.69. The van der Waals surface area contributed by atoms with Crippen molar-refractivity contribution in [2.75, 3.05) is 24.3 Å². The molecular formula is C21H24N2O7S. The van der Waals surface area contributed by atoms with E-state index in [1.807, 2.05) is 0 Å². The lowest BCUT2D eigenvalue weighted by molar-refractivity contribution is -0.123. The van der Waals surface area contributed by atoms with Gasteiger partial charge in [0.1, 0.15) is 9.88 Å². The van der Waals surface area contributed by atoms with Crippen LogP contribution in [0.2, 0.25) is 0 Å². The van der Waals surface area contributed by atoms with Gasteiger partial charge in [0, 0.05) is 5.69 Å². The number of thiophene rings is 1. The molecule has 0 bridgehead atoms. The van der Waals surface area contributed by atoms with Crippen LogP contribution >= 0.6 is 11.3 Å². The lowest BCUT2D eigenvalue weighted by Gasteiger charge is -2.14. The number of nitrogens with one attached hydrogen (secondary N) is 1. The molecule has 0 radical (unpaired) electrons. The Morgan fingerprint density at radius 2 is 1.71 bits per heavy atom. The Kier molecular flexibility index (Phi) is 8.14. The van der Waals surface area contributed by atoms with Crippen molar-refractivity contribution in [2.24, 2.45) is 0 Å². The molecule has 0 saturated carbocycles. The molecule has 3 N–H and O–H groups in total. The van der Waals surface area contributed by atoms with Gasteiger partial charge in [0.25, 0.3) is 5.91 Å². The number of amides is 1. The van der Waals surface area contributed by atoms with Crippen LogP contribution in [0.5, 0.6) is 0 Å². The van der Waals surface area contributed by atoms with Gasteiger partial charge < -0.3 is 25.3 Å². The lowest BCUT2D eigenvalue weighted by Crippen LogP contribution is -2.30. The van der Waals surface area contributed by atoms with Crippen molar-refractivity contribution in [3.8, 4) is 0 Å². The molecule has 31 heavy (non-hydrogen) atoms. The number of nitrogens with two attached hydrogens (primary N) is 1. The van der Waals surface area contributed by atoms with Crippen LogP contribution < -0.4 is 11.1 Å². The summed E-state index contributed by atoms with van der Waals surface area (Å²) in [7, 11) is 0. The molecule has 9 nitrogen and oxygen atoms in total. The minimum atomic E-state index is -1.18. The van der Waals surface area contributed by atoms with Crippen molar-refractivity contribution >= 4 is 45.8 Å². The fraction of sp³-hybridized carbons (Fsp3) is 0.333. The topological polar surface area (TPSA) is 134 Å². The SMILES string of the molecule is CCOC(=O)c1sc(NC(=O)C(C)OC(=O)c2cccc(N)c2)c(C(=O)OCC)c1C. The number of ether oxygens (including phenoxy) is 3. The molecule has 1 aromatic carbocycles. The second kappa shape index (κ2) is 10.6. The van der Waals surface area contributed by atoms with Gasteiger partial charge in [-0.15, -0.1) is 11.3 Å². The summed E-state index contributed by atoms with van der Waals surface area (Å²) in [6.45, 7) is 6.52. The molecule has 0 saturated heterocycles. The van der Waals surface area contributed by atoms with Crippen molar-refractivity contribution in [1.29, 1.82) is 0 Å². The number of carbonyl (C=O) groups is 4. The number of nitrogen functional groups attached to an aromatic ring is 1. The average molecular weight is 448 g/mol. The Morgan fingerprint density at radius 3 is 2.32 bits per heavy atom. The number of hydrogen-bond donors (Lipinski definition) is 2. The standard InChI is InChI=1S/C21H24N2O7S/c1-5-28-20(26)15-11(3)16(21(27)29-6-2)31-18(15)23-17(24)12(4)30-19(25)13-8-7-9-14(22)10-13/h7-10,12H,5-6,22H2,1-4H3,(H,23,24). The van der Waals surface area contributed by atoms with Crippen LogP contribution in [0.25, 0.3) is 0 Å². The van der Waals surface area contributed by atoms with Gasteiger partial charge in [-0.3, -0.25) is 4.79 Å². The summed E-state index contributed by atoms with van der Waals surface area (Å²) in [5.41, 5.74) is 6.62. The molecule has 2 rings (SSSR count). The Hall–Kier alpha value is -3.40. The van der Waals surface area contributed by atoms with Gasteiger partial charge in [0.05, 0.1) is 24.3 Å². The first-order valence-electron chi connectivity index (χ1n) is 9.54. The van der Waals surface area contributed by atoms with Gasteiger partial charge in [0.15, 0.2) is 6.10 Å². The second-order valence-corrected chi connectivity index (χ2v) is 7.38. The lowest BCUT2D eigenvalue weighted by atomic mass is 10.1. The Balaban J connectivity index is 2.23. The van der Waals surface area contributed by atoms with Gasteiger partial charge in [0.2, 0.25) is 0 Å². The molecule has 1 atom stereocenters. The second-order valence-electron chi connectivity index (χ2n) is 6.36. The van der Waals surface area contributed by atoms with Gasteiger partial charge in [-0.05, 0) is 51.5 Å². The summed E-state index contributed by atoms with van der Waals surface area (Å²) in [4.78, 5) is 49.7. The number of carbonyl (C=O) groups excluding carboxylic acids is 4. The molecule has 0 spiro atoms. The molecule has 1 unspecified atom stereocenters. The van der Waals surface area contributed by atoms with Gasteiger partial charge in [-0.25, -0.2) is 14.4 Å². The van der Waals surface area contributed by atoms with Crippen LogP contribution in [0.3, 0.4) is 0 Å². The van der Waals surface area contributed by atoms with E-state index >= 15 is 0 Å². The maximum absolute atomic E-state index is 12.6. The Labute approximate surface area is 183 Å². The van der Waals surface area contributed by atoms with Crippen LogP contribution in [-0.4, -0.2) is 43.1 Å². The fourth-order valence-electron chi connectivity index (χ4n) is 2.60. The molecule has 1 amide bonds. The first-order chi connectivity index (χ1) is 14.7. The number of hydrogen-bond acceptors (Lipinski definition) is 9. The maximum atomic E-state index is 12.6. The van der Waals surface area contributed by atoms with Crippen LogP contribution in [0, 0.1) is 6.92 Å². The molecule has 0 aliphatic heterocycles. The van der Waals surface area contributed by atoms with Crippen LogP contribution in [-0.2, 0) is 19.0 Å². The summed E-state index contributed by atoms with van der Waals surface area (Å²) in [6, 6.07) is 6.15. The van der Waals surface area contributed by atoms with Crippen LogP contribution in [0.1, 0.15) is 56.7 Å². The van der Waals surface area contributed by atoms with E-state index in [-0.39, 0.29) is 34.2 Å². The largest absolute Gasteiger partial charge is 0.462 e. The van der Waals surface area contributed by atoms with Gasteiger partial charge in [-0.1, -0.05) is 6.07 Å². The van der Waals surface area contributed by atoms with Crippen molar-refractivity contribution in [1.82, 2.24) is 0 Å². The van der Waals surface area contributed by atoms with E-state index in [0.29, 0.717) is 11.3 Å².